The van der Waals surface area contributed by atoms with E-state index >= 15 is 0 Å². The Morgan fingerprint density at radius 1 is 1.03 bits per heavy atom. The van der Waals surface area contributed by atoms with Gasteiger partial charge in [-0.1, -0.05) is 25.1 Å². The van der Waals surface area contributed by atoms with Crippen LogP contribution in [0.15, 0.2) is 51.3 Å². The highest BCUT2D eigenvalue weighted by Crippen LogP contribution is 2.56. The van der Waals surface area contributed by atoms with Gasteiger partial charge in [-0.05, 0) is 50.8 Å². The quantitative estimate of drug-likeness (QED) is 0.489. The van der Waals surface area contributed by atoms with Crippen LogP contribution < -0.4 is 11.4 Å². The third-order valence-electron chi connectivity index (χ3n) is 5.72. The molecule has 10 nitrogen and oxygen atoms in total. The number of hydrogen-bond donors (Lipinski definition) is 0. The number of benzene rings is 1. The van der Waals surface area contributed by atoms with Crippen molar-refractivity contribution < 1.29 is 22.3 Å². The Balaban J connectivity index is 1.95. The Morgan fingerprint density at radius 2 is 1.67 bits per heavy atom. The Morgan fingerprint density at radius 3 is 2.27 bits per heavy atom. The molecule has 3 atom stereocenters. The summed E-state index contributed by atoms with van der Waals surface area (Å²) in [5.74, 6) is 0.343. The van der Waals surface area contributed by atoms with E-state index in [1.165, 1.54) is 9.36 Å². The van der Waals surface area contributed by atoms with Crippen LogP contribution in [0.3, 0.4) is 0 Å². The van der Waals surface area contributed by atoms with Crippen molar-refractivity contribution in [1.82, 2.24) is 13.9 Å². The molecule has 0 amide bonds. The van der Waals surface area contributed by atoms with Gasteiger partial charge >= 0.3 is 19.2 Å². The first-order valence-electron chi connectivity index (χ1n) is 11.1. The van der Waals surface area contributed by atoms with Gasteiger partial charge in [-0.3, -0.25) is 13.3 Å². The molecule has 1 aromatic heterocycles. The predicted molar refractivity (Wildman–Crippen MR) is 124 cm³/mol. The summed E-state index contributed by atoms with van der Waals surface area (Å²) >= 11 is 0. The first-order valence-corrected chi connectivity index (χ1v) is 13.9. The molecule has 2 unspecified atom stereocenters. The maximum atomic E-state index is 13.6. The van der Waals surface area contributed by atoms with Gasteiger partial charge < -0.3 is 4.52 Å². The van der Waals surface area contributed by atoms with Crippen molar-refractivity contribution in [3.05, 3.63) is 62.6 Å². The molecule has 2 heterocycles. The van der Waals surface area contributed by atoms with Crippen molar-refractivity contribution in [3.8, 4) is 5.69 Å². The number of hydrogen-bond acceptors (Lipinski definition) is 7. The number of para-hydroxylation sites is 1. The normalized spacial score (nSPS) is 21.1. The molecular formula is C21H28N3O7PS. The van der Waals surface area contributed by atoms with E-state index in [2.05, 4.69) is 0 Å². The number of allylic oxidation sites excluding steroid dienone is 1. The molecule has 2 aliphatic rings. The minimum Gasteiger partial charge on any atom is -0.405 e. The molecule has 33 heavy (non-hydrogen) atoms. The summed E-state index contributed by atoms with van der Waals surface area (Å²) < 4.78 is 46.7. The average molecular weight is 498 g/mol. The van der Waals surface area contributed by atoms with E-state index in [1.807, 2.05) is 0 Å². The fraction of sp³-hybridized carbons (Fsp3) is 0.524. The van der Waals surface area contributed by atoms with Crippen molar-refractivity contribution in [2.45, 2.75) is 51.4 Å². The lowest BCUT2D eigenvalue weighted by molar-refractivity contribution is 0.134. The smallest absolute Gasteiger partial charge is 0.405 e. The van der Waals surface area contributed by atoms with E-state index in [9.17, 15) is 18.4 Å². The van der Waals surface area contributed by atoms with E-state index < -0.39 is 41.4 Å². The standard InChI is InChI=1S/C21H28N3O7PS/c1-4-29-32(27,30-5-2)31-18-16-13-10-14-17(16)23-20(25)22(15-11-8-7-9-12-15)21(26)24(23)19(18)33(28)6-3/h7-9,11-12,17,19H,4-6,10,13-14H2,1-3H3/t17-,19?,33?/m0/s1. The van der Waals surface area contributed by atoms with Crippen LogP contribution in [0.1, 0.15) is 51.4 Å². The van der Waals surface area contributed by atoms with Gasteiger partial charge in [0.1, 0.15) is 5.76 Å². The number of phosphoric ester groups is 1. The fourth-order valence-corrected chi connectivity index (χ4v) is 6.95. The molecule has 0 saturated heterocycles. The SMILES string of the molecule is CCOP(=O)(OCC)OC1=C2CCC[C@@H]2n2c(=O)n(-c3ccccc3)c(=O)n2C1S(=O)CC. The van der Waals surface area contributed by atoms with E-state index in [-0.39, 0.29) is 24.7 Å². The lowest BCUT2D eigenvalue weighted by Crippen LogP contribution is -2.40. The third-order valence-corrected chi connectivity index (χ3v) is 8.77. The van der Waals surface area contributed by atoms with Gasteiger partial charge in [0, 0.05) is 5.75 Å². The van der Waals surface area contributed by atoms with Gasteiger partial charge in [0.15, 0.2) is 5.37 Å². The van der Waals surface area contributed by atoms with Gasteiger partial charge in [0.05, 0.1) is 35.7 Å². The lowest BCUT2D eigenvalue weighted by atomic mass is 10.1. The van der Waals surface area contributed by atoms with Gasteiger partial charge in [-0.2, -0.15) is 0 Å². The second-order valence-electron chi connectivity index (χ2n) is 7.62. The second kappa shape index (κ2) is 9.58. The van der Waals surface area contributed by atoms with Gasteiger partial charge in [-0.15, -0.1) is 0 Å². The van der Waals surface area contributed by atoms with Crippen molar-refractivity contribution in [3.63, 3.8) is 0 Å². The Hall–Kier alpha value is -2.20. The van der Waals surface area contributed by atoms with Crippen molar-refractivity contribution in [2.75, 3.05) is 19.0 Å². The van der Waals surface area contributed by atoms with E-state index in [0.29, 0.717) is 24.1 Å². The molecule has 0 N–H and O–H groups in total. The number of aromatic nitrogens is 3. The van der Waals surface area contributed by atoms with Crippen LogP contribution in [-0.4, -0.2) is 37.1 Å². The Labute approximate surface area is 193 Å². The largest absolute Gasteiger partial charge is 0.529 e. The number of nitrogens with zero attached hydrogens (tertiary/aromatic N) is 3. The van der Waals surface area contributed by atoms with Crippen molar-refractivity contribution in [2.24, 2.45) is 0 Å². The van der Waals surface area contributed by atoms with Crippen LogP contribution in [0.25, 0.3) is 5.69 Å². The first-order chi connectivity index (χ1) is 15.9. The minimum absolute atomic E-state index is 0.0832. The fourth-order valence-electron chi connectivity index (χ4n) is 4.44. The molecular weight excluding hydrogens is 469 g/mol. The zero-order valence-electron chi connectivity index (χ0n) is 18.8. The molecule has 1 aliphatic heterocycles. The molecule has 1 aromatic carbocycles. The first kappa shape index (κ1) is 23.9. The monoisotopic (exact) mass is 497 g/mol. The lowest BCUT2D eigenvalue weighted by Gasteiger charge is -2.33. The van der Waals surface area contributed by atoms with Gasteiger partial charge in [0.2, 0.25) is 0 Å². The molecule has 1 fully saturated rings. The summed E-state index contributed by atoms with van der Waals surface area (Å²) in [6.45, 7) is 5.21. The average Bonchev–Trinajstić information content (AvgIpc) is 3.37. The van der Waals surface area contributed by atoms with E-state index in [0.717, 1.165) is 11.0 Å². The molecule has 1 saturated carbocycles. The van der Waals surface area contributed by atoms with Crippen LogP contribution in [0, 0.1) is 0 Å². The summed E-state index contributed by atoms with van der Waals surface area (Å²) in [6, 6.07) is 8.13. The molecule has 1 aliphatic carbocycles. The van der Waals surface area contributed by atoms with Crippen LogP contribution >= 0.6 is 7.82 Å². The number of fused-ring (bicyclic) bond motifs is 3. The maximum absolute atomic E-state index is 13.6. The molecule has 180 valence electrons. The molecule has 4 rings (SSSR count). The summed E-state index contributed by atoms with van der Waals surface area (Å²) in [5.41, 5.74) is -0.0220. The third kappa shape index (κ3) is 4.12. The summed E-state index contributed by atoms with van der Waals surface area (Å²) in [6.07, 6.45) is 1.90. The van der Waals surface area contributed by atoms with Crippen molar-refractivity contribution in [1.29, 1.82) is 0 Å². The van der Waals surface area contributed by atoms with Crippen molar-refractivity contribution >= 4 is 18.6 Å². The van der Waals surface area contributed by atoms with Crippen LogP contribution in [0.4, 0.5) is 0 Å². The van der Waals surface area contributed by atoms with Crippen LogP contribution in [0.2, 0.25) is 0 Å². The molecule has 2 aromatic rings. The van der Waals surface area contributed by atoms with Gasteiger partial charge in [0.25, 0.3) is 0 Å². The Kier molecular flexibility index (Phi) is 6.95. The van der Waals surface area contributed by atoms with Crippen LogP contribution in [0.5, 0.6) is 0 Å². The summed E-state index contributed by atoms with van der Waals surface area (Å²) in [7, 11) is -5.66. The van der Waals surface area contributed by atoms with E-state index in [4.69, 9.17) is 13.6 Å². The highest BCUT2D eigenvalue weighted by Gasteiger charge is 2.46. The highest BCUT2D eigenvalue weighted by atomic mass is 32.2. The highest BCUT2D eigenvalue weighted by molar-refractivity contribution is 7.85. The topological polar surface area (TPSA) is 111 Å². The summed E-state index contributed by atoms with van der Waals surface area (Å²) in [4.78, 5) is 27.0. The molecule has 12 heteroatoms. The zero-order valence-corrected chi connectivity index (χ0v) is 20.5. The predicted octanol–water partition coefficient (Wildman–Crippen LogP) is 3.26. The zero-order chi connectivity index (χ0) is 23.8. The molecule has 0 bridgehead atoms. The van der Waals surface area contributed by atoms with E-state index in [1.54, 1.807) is 51.1 Å². The minimum atomic E-state index is -4.02. The van der Waals surface area contributed by atoms with Gasteiger partial charge in [-0.25, -0.2) is 28.1 Å². The molecule has 0 radical (unpaired) electrons. The van der Waals surface area contributed by atoms with Crippen LogP contribution in [-0.2, 0) is 28.9 Å². The Bertz CT molecular complexity index is 1240. The second-order valence-corrected chi connectivity index (χ2v) is 11.0. The number of phosphoric acid groups is 1. The maximum Gasteiger partial charge on any atom is 0.529 e. The summed E-state index contributed by atoms with van der Waals surface area (Å²) in [5, 5.41) is -1.13. The molecule has 0 spiro atoms. The number of rotatable bonds is 9.